The molecule has 0 aliphatic heterocycles. The Balaban J connectivity index is 2.19. The highest BCUT2D eigenvalue weighted by molar-refractivity contribution is 14.1. The molecule has 0 aliphatic carbocycles. The van der Waals surface area contributed by atoms with E-state index in [0.29, 0.717) is 3.57 Å². The summed E-state index contributed by atoms with van der Waals surface area (Å²) in [6.07, 6.45) is 0. The third-order valence-corrected chi connectivity index (χ3v) is 5.42. The minimum Gasteiger partial charge on any atom is -0.744 e. The molecule has 8 nitrogen and oxygen atoms in total. The highest BCUT2D eigenvalue weighted by Gasteiger charge is 2.31. The molecule has 0 bridgehead atoms. The van der Waals surface area contributed by atoms with Crippen molar-refractivity contribution in [1.29, 1.82) is 0 Å². The highest BCUT2D eigenvalue weighted by Crippen LogP contribution is 2.33. The van der Waals surface area contributed by atoms with Gasteiger partial charge in [-0.25, -0.2) is 26.8 Å². The van der Waals surface area contributed by atoms with E-state index in [1.165, 1.54) is 13.0 Å². The summed E-state index contributed by atoms with van der Waals surface area (Å²) >= 11 is 1.74. The van der Waals surface area contributed by atoms with Crippen molar-refractivity contribution in [3.8, 4) is 11.5 Å². The minimum atomic E-state index is -5.90. The van der Waals surface area contributed by atoms with Gasteiger partial charge in [-0.15, -0.1) is 0 Å². The number of carbonyl (C=O) groups excluding carboxylic acids is 2. The highest BCUT2D eigenvalue weighted by atomic mass is 127. The lowest BCUT2D eigenvalue weighted by Gasteiger charge is -2.14. The number of rotatable bonds is 8. The second-order valence-electron chi connectivity index (χ2n) is 6.17. The zero-order chi connectivity index (χ0) is 25.1. The van der Waals surface area contributed by atoms with Gasteiger partial charge in [-0.3, -0.25) is 0 Å². The second kappa shape index (κ2) is 10.5. The average molecular weight is 603 g/mol. The predicted molar refractivity (Wildman–Crippen MR) is 110 cm³/mol. The number of esters is 2. The Hall–Kier alpha value is -2.72. The van der Waals surface area contributed by atoms with Crippen LogP contribution in [0.3, 0.4) is 0 Å². The molecule has 2 aromatic carbocycles. The van der Waals surface area contributed by atoms with Crippen LogP contribution in [0.1, 0.15) is 17.3 Å². The Morgan fingerprint density at radius 2 is 1.64 bits per heavy atom. The van der Waals surface area contributed by atoms with Crippen molar-refractivity contribution in [2.24, 2.45) is 0 Å². The maximum atomic E-state index is 14.0. The number of benzene rings is 2. The second-order valence-corrected chi connectivity index (χ2v) is 8.65. The summed E-state index contributed by atoms with van der Waals surface area (Å²) in [6, 6.07) is 3.51. The van der Waals surface area contributed by atoms with E-state index in [2.05, 4.69) is 11.3 Å². The van der Waals surface area contributed by atoms with Gasteiger partial charge in [-0.2, -0.15) is 8.78 Å². The largest absolute Gasteiger partial charge is 0.744 e. The van der Waals surface area contributed by atoms with Crippen LogP contribution in [0, 0.1) is 26.8 Å². The van der Waals surface area contributed by atoms with Crippen molar-refractivity contribution in [2.75, 3.05) is 13.2 Å². The van der Waals surface area contributed by atoms with Crippen LogP contribution in [0.5, 0.6) is 11.5 Å². The average Bonchev–Trinajstić information content (AvgIpc) is 2.72. The summed E-state index contributed by atoms with van der Waals surface area (Å²) in [5.74, 6) is -13.5. The zero-order valence-electron chi connectivity index (χ0n) is 16.4. The summed E-state index contributed by atoms with van der Waals surface area (Å²) in [6.45, 7) is 4.72. The van der Waals surface area contributed by atoms with Crippen molar-refractivity contribution in [2.45, 2.75) is 11.8 Å². The molecule has 0 fully saturated rings. The molecule has 14 heteroatoms. The van der Waals surface area contributed by atoms with Gasteiger partial charge >= 0.3 is 11.9 Å². The Bertz CT molecular complexity index is 1220. The van der Waals surface area contributed by atoms with Gasteiger partial charge < -0.3 is 18.8 Å². The molecule has 0 saturated heterocycles. The predicted octanol–water partition coefficient (Wildman–Crippen LogP) is 3.47. The van der Waals surface area contributed by atoms with Gasteiger partial charge in [0.15, 0.2) is 11.6 Å². The Kier molecular flexibility index (Phi) is 8.42. The summed E-state index contributed by atoms with van der Waals surface area (Å²) in [4.78, 5) is 21.1. The van der Waals surface area contributed by atoms with Crippen molar-refractivity contribution in [3.63, 3.8) is 0 Å². The van der Waals surface area contributed by atoms with Gasteiger partial charge in [0.1, 0.15) is 34.0 Å². The van der Waals surface area contributed by atoms with Crippen molar-refractivity contribution in [1.82, 2.24) is 0 Å². The van der Waals surface area contributed by atoms with E-state index < -0.39 is 56.0 Å². The topological polar surface area (TPSA) is 119 Å². The summed E-state index contributed by atoms with van der Waals surface area (Å²) in [5, 5.41) is 0. The molecule has 0 spiro atoms. The monoisotopic (exact) mass is 603 g/mol. The van der Waals surface area contributed by atoms with Gasteiger partial charge in [-0.1, -0.05) is 6.58 Å². The van der Waals surface area contributed by atoms with Gasteiger partial charge in [0.25, 0.3) is 0 Å². The fourth-order valence-electron chi connectivity index (χ4n) is 2.21. The summed E-state index contributed by atoms with van der Waals surface area (Å²) in [5.41, 5.74) is -0.120. The minimum absolute atomic E-state index is 0.0528. The standard InChI is InChI=1S/C19H13F4IO8S/c1-8(2)18(25)31-6-5-30-11-4-3-9(7-10(11)24)19(26)32-16-12(20)14(22)17(33(27,28)29)15(23)13(16)21/h3-4,7H,1,5-6H2,2H3,(H,27,28,29)/p-1. The molecule has 2 rings (SSSR count). The maximum absolute atomic E-state index is 14.0. The van der Waals surface area contributed by atoms with Gasteiger partial charge in [0.2, 0.25) is 17.4 Å². The lowest BCUT2D eigenvalue weighted by Crippen LogP contribution is -2.16. The van der Waals surface area contributed by atoms with Gasteiger partial charge in [0.05, 0.1) is 9.13 Å². The molecule has 33 heavy (non-hydrogen) atoms. The number of carbonyl (C=O) groups is 2. The van der Waals surface area contributed by atoms with Crippen molar-refractivity contribution >= 4 is 44.6 Å². The van der Waals surface area contributed by atoms with Crippen LogP contribution in [0.2, 0.25) is 0 Å². The van der Waals surface area contributed by atoms with Crippen LogP contribution in [0.15, 0.2) is 35.2 Å². The fourth-order valence-corrected chi connectivity index (χ4v) is 3.50. The smallest absolute Gasteiger partial charge is 0.343 e. The van der Waals surface area contributed by atoms with E-state index in [0.717, 1.165) is 12.1 Å². The van der Waals surface area contributed by atoms with Crippen molar-refractivity contribution in [3.05, 3.63) is 62.8 Å². The molecular weight excluding hydrogens is 591 g/mol. The molecule has 0 radical (unpaired) electrons. The van der Waals surface area contributed by atoms with Crippen LogP contribution in [-0.2, 0) is 19.6 Å². The first-order valence-corrected chi connectivity index (χ1v) is 11.0. The van der Waals surface area contributed by atoms with E-state index >= 15 is 0 Å². The maximum Gasteiger partial charge on any atom is 0.343 e. The molecule has 0 amide bonds. The number of hydrogen-bond acceptors (Lipinski definition) is 8. The van der Waals surface area contributed by atoms with Crippen LogP contribution in [-0.4, -0.2) is 38.1 Å². The first-order valence-electron chi connectivity index (χ1n) is 8.54. The summed E-state index contributed by atoms with van der Waals surface area (Å²) < 4.78 is 103. The lowest BCUT2D eigenvalue weighted by molar-refractivity contribution is -0.139. The van der Waals surface area contributed by atoms with E-state index in [9.17, 15) is 40.1 Å². The van der Waals surface area contributed by atoms with Gasteiger partial charge in [0, 0.05) is 5.57 Å². The quantitative estimate of drug-likeness (QED) is 0.0658. The fraction of sp³-hybridized carbons (Fsp3) is 0.158. The Labute approximate surface area is 198 Å². The molecule has 0 N–H and O–H groups in total. The number of halogens is 5. The Morgan fingerprint density at radius 3 is 2.12 bits per heavy atom. The van der Waals surface area contributed by atoms with Crippen molar-refractivity contribution < 1.29 is 54.3 Å². The molecule has 2 aromatic rings. The molecule has 0 aliphatic rings. The first kappa shape index (κ1) is 26.5. The Morgan fingerprint density at radius 1 is 1.06 bits per heavy atom. The van der Waals surface area contributed by atoms with E-state index in [4.69, 9.17) is 9.47 Å². The van der Waals surface area contributed by atoms with Gasteiger partial charge in [-0.05, 0) is 47.7 Å². The molecule has 0 saturated carbocycles. The molecule has 0 unspecified atom stereocenters. The lowest BCUT2D eigenvalue weighted by atomic mass is 10.2. The zero-order valence-corrected chi connectivity index (χ0v) is 19.4. The normalized spacial score (nSPS) is 11.1. The van der Waals surface area contributed by atoms with E-state index in [1.807, 2.05) is 0 Å². The molecule has 0 atom stereocenters. The van der Waals surface area contributed by atoms with Crippen LogP contribution < -0.4 is 9.47 Å². The molecule has 178 valence electrons. The number of ether oxygens (including phenoxy) is 3. The SMILES string of the molecule is C=C(C)C(=O)OCCOc1ccc(C(=O)Oc2c(F)c(F)c(S(=O)(=O)[O-])c(F)c2F)cc1I. The third kappa shape index (κ3) is 6.20. The van der Waals surface area contributed by atoms with Crippen LogP contribution in [0.4, 0.5) is 17.6 Å². The van der Waals surface area contributed by atoms with E-state index in [1.54, 1.807) is 22.6 Å². The van der Waals surface area contributed by atoms with E-state index in [-0.39, 0.29) is 30.1 Å². The molecule has 0 heterocycles. The van der Waals surface area contributed by atoms with Crippen LogP contribution >= 0.6 is 22.6 Å². The third-order valence-electron chi connectivity index (χ3n) is 3.72. The summed E-state index contributed by atoms with van der Waals surface area (Å²) in [7, 11) is -5.90. The molecular formula is C19H12F4IO8S-. The first-order chi connectivity index (χ1) is 15.3. The van der Waals surface area contributed by atoms with Crippen LogP contribution in [0.25, 0.3) is 0 Å². The number of hydrogen-bond donors (Lipinski definition) is 0. The molecule has 0 aromatic heterocycles.